The van der Waals surface area contributed by atoms with Crippen LogP contribution in [0.1, 0.15) is 17.2 Å². The minimum Gasteiger partial charge on any atom is -0.497 e. The molecule has 2 aromatic rings. The fraction of sp³-hybridized carbons (Fsp3) is 0.200. The molecule has 0 heterocycles. The van der Waals surface area contributed by atoms with Crippen molar-refractivity contribution >= 4 is 38.5 Å². The average Bonchev–Trinajstić information content (AvgIpc) is 2.44. The van der Waals surface area contributed by atoms with Crippen LogP contribution in [-0.2, 0) is 0 Å². The number of hydrogen-bond donors (Lipinski definition) is 1. The highest BCUT2D eigenvalue weighted by molar-refractivity contribution is 14.1. The van der Waals surface area contributed by atoms with E-state index in [1.807, 2.05) is 19.2 Å². The van der Waals surface area contributed by atoms with Crippen LogP contribution in [0.3, 0.4) is 0 Å². The third kappa shape index (κ3) is 3.49. The van der Waals surface area contributed by atoms with Crippen LogP contribution in [0.4, 0.5) is 0 Å². The largest absolute Gasteiger partial charge is 0.497 e. The molecule has 0 bridgehead atoms. The molecule has 100 valence electrons. The molecule has 0 aliphatic heterocycles. The van der Waals surface area contributed by atoms with Gasteiger partial charge in [-0.15, -0.1) is 0 Å². The van der Waals surface area contributed by atoms with Crippen LogP contribution in [0.15, 0.2) is 46.9 Å². The van der Waals surface area contributed by atoms with Crippen LogP contribution in [0.5, 0.6) is 5.75 Å². The Hall–Kier alpha value is -0.590. The summed E-state index contributed by atoms with van der Waals surface area (Å²) in [7, 11) is 3.66. The Morgan fingerprint density at radius 2 is 1.84 bits per heavy atom. The number of benzene rings is 2. The molecule has 1 N–H and O–H groups in total. The van der Waals surface area contributed by atoms with Crippen LogP contribution >= 0.6 is 38.5 Å². The molecule has 19 heavy (non-hydrogen) atoms. The van der Waals surface area contributed by atoms with Crippen molar-refractivity contribution in [2.45, 2.75) is 6.04 Å². The molecule has 1 unspecified atom stereocenters. The second kappa shape index (κ2) is 6.72. The van der Waals surface area contributed by atoms with E-state index in [2.05, 4.69) is 74.2 Å². The zero-order valence-corrected chi connectivity index (χ0v) is 14.5. The van der Waals surface area contributed by atoms with Crippen LogP contribution in [0.25, 0.3) is 0 Å². The standard InChI is InChI=1S/C15H15BrINO/c1-18-15(10-3-6-12(19-2)7-4-10)13-9-11(16)5-8-14(13)17/h3-9,15,18H,1-2H3. The first-order valence-electron chi connectivity index (χ1n) is 5.92. The summed E-state index contributed by atoms with van der Waals surface area (Å²) < 4.78 is 7.54. The minimum atomic E-state index is 0.176. The lowest BCUT2D eigenvalue weighted by Gasteiger charge is -2.19. The maximum Gasteiger partial charge on any atom is 0.118 e. The van der Waals surface area contributed by atoms with Crippen molar-refractivity contribution in [2.24, 2.45) is 0 Å². The van der Waals surface area contributed by atoms with E-state index in [1.165, 1.54) is 14.7 Å². The van der Waals surface area contributed by atoms with Gasteiger partial charge >= 0.3 is 0 Å². The SMILES string of the molecule is CNC(c1ccc(OC)cc1)c1cc(Br)ccc1I. The van der Waals surface area contributed by atoms with Crippen molar-refractivity contribution in [3.63, 3.8) is 0 Å². The van der Waals surface area contributed by atoms with Crippen LogP contribution in [0.2, 0.25) is 0 Å². The molecule has 2 aromatic carbocycles. The Bertz CT molecular complexity index is 557. The third-order valence-corrected chi connectivity index (χ3v) is 4.48. The maximum absolute atomic E-state index is 5.20. The quantitative estimate of drug-likeness (QED) is 0.725. The van der Waals surface area contributed by atoms with E-state index in [0.717, 1.165) is 10.2 Å². The molecule has 0 spiro atoms. The van der Waals surface area contributed by atoms with E-state index in [-0.39, 0.29) is 6.04 Å². The lowest BCUT2D eigenvalue weighted by Crippen LogP contribution is -2.18. The number of methoxy groups -OCH3 is 1. The van der Waals surface area contributed by atoms with Gasteiger partial charge in [0.05, 0.1) is 13.2 Å². The molecule has 0 amide bonds. The Balaban J connectivity index is 2.40. The second-order valence-corrected chi connectivity index (χ2v) is 6.24. The monoisotopic (exact) mass is 431 g/mol. The van der Waals surface area contributed by atoms with E-state index < -0.39 is 0 Å². The summed E-state index contributed by atoms with van der Waals surface area (Å²) in [4.78, 5) is 0. The Labute approximate surface area is 135 Å². The van der Waals surface area contributed by atoms with Crippen LogP contribution in [-0.4, -0.2) is 14.2 Å². The molecule has 0 saturated heterocycles. The highest BCUT2D eigenvalue weighted by atomic mass is 127. The van der Waals surface area contributed by atoms with Gasteiger partial charge in [-0.2, -0.15) is 0 Å². The Morgan fingerprint density at radius 1 is 1.16 bits per heavy atom. The minimum absolute atomic E-state index is 0.176. The first kappa shape index (κ1) is 14.8. The van der Waals surface area contributed by atoms with Gasteiger partial charge in [0.25, 0.3) is 0 Å². The van der Waals surface area contributed by atoms with Gasteiger partial charge in [0.2, 0.25) is 0 Å². The van der Waals surface area contributed by atoms with Gasteiger partial charge in [0.1, 0.15) is 5.75 Å². The molecular formula is C15H15BrINO. The molecule has 0 fully saturated rings. The molecule has 0 aliphatic carbocycles. The highest BCUT2D eigenvalue weighted by Crippen LogP contribution is 2.29. The Morgan fingerprint density at radius 3 is 2.42 bits per heavy atom. The zero-order chi connectivity index (χ0) is 13.8. The Kier molecular flexibility index (Phi) is 5.24. The van der Waals surface area contributed by atoms with Gasteiger partial charge in [-0.3, -0.25) is 0 Å². The summed E-state index contributed by atoms with van der Waals surface area (Å²) in [6.45, 7) is 0. The van der Waals surface area contributed by atoms with Gasteiger partial charge in [0.15, 0.2) is 0 Å². The maximum atomic E-state index is 5.20. The fourth-order valence-electron chi connectivity index (χ4n) is 2.03. The van der Waals surface area contributed by atoms with E-state index in [9.17, 15) is 0 Å². The molecule has 0 radical (unpaired) electrons. The lowest BCUT2D eigenvalue weighted by molar-refractivity contribution is 0.414. The fourth-order valence-corrected chi connectivity index (χ4v) is 3.06. The summed E-state index contributed by atoms with van der Waals surface area (Å²) in [6.07, 6.45) is 0. The lowest BCUT2D eigenvalue weighted by atomic mass is 9.99. The van der Waals surface area contributed by atoms with Crippen LogP contribution < -0.4 is 10.1 Å². The summed E-state index contributed by atoms with van der Waals surface area (Å²) >= 11 is 5.91. The number of nitrogens with one attached hydrogen (secondary N) is 1. The van der Waals surface area contributed by atoms with Gasteiger partial charge in [-0.05, 0) is 71.1 Å². The summed E-state index contributed by atoms with van der Waals surface area (Å²) in [6, 6.07) is 14.7. The van der Waals surface area contributed by atoms with Gasteiger partial charge in [-0.25, -0.2) is 0 Å². The number of rotatable bonds is 4. The van der Waals surface area contributed by atoms with E-state index in [1.54, 1.807) is 7.11 Å². The first-order chi connectivity index (χ1) is 9.15. The topological polar surface area (TPSA) is 21.3 Å². The molecular weight excluding hydrogens is 417 g/mol. The number of ether oxygens (including phenoxy) is 1. The number of halogens is 2. The van der Waals surface area contributed by atoms with Gasteiger partial charge < -0.3 is 10.1 Å². The number of hydrogen-bond acceptors (Lipinski definition) is 2. The van der Waals surface area contributed by atoms with Crippen molar-refractivity contribution < 1.29 is 4.74 Å². The van der Waals surface area contributed by atoms with Crippen molar-refractivity contribution in [1.29, 1.82) is 0 Å². The highest BCUT2D eigenvalue weighted by Gasteiger charge is 2.15. The van der Waals surface area contributed by atoms with Crippen molar-refractivity contribution in [3.8, 4) is 5.75 Å². The third-order valence-electron chi connectivity index (χ3n) is 3.01. The molecule has 1 atom stereocenters. The normalized spacial score (nSPS) is 12.2. The van der Waals surface area contributed by atoms with Gasteiger partial charge in [-0.1, -0.05) is 28.1 Å². The van der Waals surface area contributed by atoms with Crippen molar-refractivity contribution in [2.75, 3.05) is 14.2 Å². The van der Waals surface area contributed by atoms with E-state index in [4.69, 9.17) is 4.74 Å². The molecule has 2 rings (SSSR count). The summed E-state index contributed by atoms with van der Waals surface area (Å²) in [5, 5.41) is 3.37. The van der Waals surface area contributed by atoms with E-state index in [0.29, 0.717) is 0 Å². The zero-order valence-electron chi connectivity index (χ0n) is 10.8. The smallest absolute Gasteiger partial charge is 0.118 e. The molecule has 4 heteroatoms. The molecule has 2 nitrogen and oxygen atoms in total. The predicted octanol–water partition coefficient (Wildman–Crippen LogP) is 4.37. The van der Waals surface area contributed by atoms with Gasteiger partial charge in [0, 0.05) is 8.04 Å². The molecule has 0 saturated carbocycles. The predicted molar refractivity (Wildman–Crippen MR) is 90.8 cm³/mol. The van der Waals surface area contributed by atoms with Crippen molar-refractivity contribution in [3.05, 3.63) is 61.6 Å². The first-order valence-corrected chi connectivity index (χ1v) is 7.79. The summed E-state index contributed by atoms with van der Waals surface area (Å²) in [5.41, 5.74) is 2.49. The van der Waals surface area contributed by atoms with Crippen LogP contribution in [0, 0.1) is 3.57 Å². The summed E-state index contributed by atoms with van der Waals surface area (Å²) in [5.74, 6) is 0.877. The van der Waals surface area contributed by atoms with Crippen molar-refractivity contribution in [1.82, 2.24) is 5.32 Å². The average molecular weight is 432 g/mol. The second-order valence-electron chi connectivity index (χ2n) is 4.16. The molecule has 0 aliphatic rings. The van der Waals surface area contributed by atoms with E-state index >= 15 is 0 Å². The molecule has 0 aromatic heterocycles.